The van der Waals surface area contributed by atoms with Gasteiger partial charge in [0.25, 0.3) is 5.52 Å². The minimum atomic E-state index is 0. The number of fused-ring (bicyclic) bond motifs is 3. The summed E-state index contributed by atoms with van der Waals surface area (Å²) in [6.07, 6.45) is 3.15. The molecule has 0 atom stereocenters. The van der Waals surface area contributed by atoms with E-state index in [9.17, 15) is 5.11 Å². The van der Waals surface area contributed by atoms with Crippen LogP contribution in [0.3, 0.4) is 0 Å². The summed E-state index contributed by atoms with van der Waals surface area (Å²) < 4.78 is 5.23. The van der Waals surface area contributed by atoms with E-state index in [0.717, 1.165) is 10.9 Å². The molecule has 0 radical (unpaired) electrons. The standard InChI is InChI=1S/C10H6N2O2.BrH/c13-8-4-7-10(14-5-12-7)9-6(8)2-1-3-11-9;/h1-5,13H;1H. The number of rotatable bonds is 0. The fraction of sp³-hybridized carbons (Fsp3) is 0. The Bertz CT molecular complexity index is 621. The predicted molar refractivity (Wildman–Crippen MR) is 49.7 cm³/mol. The third kappa shape index (κ3) is 1.35. The van der Waals surface area contributed by atoms with Crippen LogP contribution in [0.5, 0.6) is 5.75 Å². The predicted octanol–water partition coefficient (Wildman–Crippen LogP) is -1.50. The van der Waals surface area contributed by atoms with Crippen molar-refractivity contribution in [3.8, 4) is 5.75 Å². The Balaban J connectivity index is 0.000000853. The number of aromatic hydroxyl groups is 1. The topological polar surface area (TPSA) is 60.4 Å². The number of H-pyrrole nitrogens is 1. The highest BCUT2D eigenvalue weighted by atomic mass is 79.9. The lowest BCUT2D eigenvalue weighted by molar-refractivity contribution is -0.343. The lowest BCUT2D eigenvalue weighted by Gasteiger charge is -1.94. The van der Waals surface area contributed by atoms with Crippen molar-refractivity contribution in [1.29, 1.82) is 0 Å². The first-order valence-electron chi connectivity index (χ1n) is 4.22. The Hall–Kier alpha value is -1.62. The van der Waals surface area contributed by atoms with E-state index in [0.29, 0.717) is 11.1 Å². The van der Waals surface area contributed by atoms with Crippen LogP contribution in [0.2, 0.25) is 0 Å². The zero-order valence-electron chi connectivity index (χ0n) is 7.57. The molecule has 4 nitrogen and oxygen atoms in total. The third-order valence-corrected chi connectivity index (χ3v) is 2.23. The van der Waals surface area contributed by atoms with Gasteiger partial charge in [-0.05, 0) is 6.07 Å². The summed E-state index contributed by atoms with van der Waals surface area (Å²) in [6, 6.07) is 5.24. The van der Waals surface area contributed by atoms with Gasteiger partial charge in [-0.1, -0.05) is 0 Å². The zero-order chi connectivity index (χ0) is 9.54. The number of nitrogens with one attached hydrogen (secondary N) is 1. The molecule has 0 aliphatic heterocycles. The van der Waals surface area contributed by atoms with Crippen molar-refractivity contribution in [3.63, 3.8) is 0 Å². The first-order valence-corrected chi connectivity index (χ1v) is 4.22. The van der Waals surface area contributed by atoms with Crippen molar-refractivity contribution in [3.05, 3.63) is 30.8 Å². The number of phenols is 1. The van der Waals surface area contributed by atoms with Crippen molar-refractivity contribution in [1.82, 2.24) is 4.98 Å². The van der Waals surface area contributed by atoms with Gasteiger partial charge < -0.3 is 26.5 Å². The van der Waals surface area contributed by atoms with E-state index in [1.54, 1.807) is 12.3 Å². The number of oxazole rings is 1. The minimum Gasteiger partial charge on any atom is -1.00 e. The maximum absolute atomic E-state index is 9.69. The second kappa shape index (κ2) is 3.51. The summed E-state index contributed by atoms with van der Waals surface area (Å²) in [6.45, 7) is 0. The van der Waals surface area contributed by atoms with Gasteiger partial charge >= 0.3 is 0 Å². The maximum Gasteiger partial charge on any atom is 0.259 e. The van der Waals surface area contributed by atoms with E-state index >= 15 is 0 Å². The molecule has 5 heteroatoms. The highest BCUT2D eigenvalue weighted by Crippen LogP contribution is 2.28. The molecule has 0 unspecified atom stereocenters. The number of aromatic nitrogens is 2. The molecule has 0 aliphatic carbocycles. The van der Waals surface area contributed by atoms with E-state index in [2.05, 4.69) is 9.97 Å². The Kier molecular flexibility index (Phi) is 2.32. The normalized spacial score (nSPS) is 10.4. The summed E-state index contributed by atoms with van der Waals surface area (Å²) >= 11 is 0. The Morgan fingerprint density at radius 2 is 2.27 bits per heavy atom. The van der Waals surface area contributed by atoms with Crippen molar-refractivity contribution in [2.45, 2.75) is 0 Å². The maximum atomic E-state index is 9.69. The van der Waals surface area contributed by atoms with Crippen LogP contribution in [0, 0.1) is 0 Å². The monoisotopic (exact) mass is 266 g/mol. The number of hydrogen-bond donors (Lipinski definition) is 1. The summed E-state index contributed by atoms with van der Waals surface area (Å²) in [5.41, 5.74) is 2.08. The number of nitrogens with zero attached hydrogens (tertiary/aromatic N) is 1. The van der Waals surface area contributed by atoms with E-state index in [4.69, 9.17) is 4.42 Å². The molecule has 76 valence electrons. The van der Waals surface area contributed by atoms with Gasteiger partial charge in [-0.15, -0.1) is 0 Å². The molecule has 0 saturated heterocycles. The molecule has 15 heavy (non-hydrogen) atoms. The van der Waals surface area contributed by atoms with Crippen LogP contribution in [0.15, 0.2) is 35.2 Å². The van der Waals surface area contributed by atoms with Crippen LogP contribution in [-0.2, 0) is 0 Å². The number of aromatic amines is 1. The van der Waals surface area contributed by atoms with Gasteiger partial charge in [-0.25, -0.2) is 9.97 Å². The summed E-state index contributed by atoms with van der Waals surface area (Å²) in [5.74, 6) is 0.207. The van der Waals surface area contributed by atoms with E-state index in [1.165, 1.54) is 6.39 Å². The second-order valence-electron chi connectivity index (χ2n) is 3.06. The van der Waals surface area contributed by atoms with Crippen molar-refractivity contribution in [2.24, 2.45) is 0 Å². The Morgan fingerprint density at radius 3 is 3.13 bits per heavy atom. The highest BCUT2D eigenvalue weighted by Gasteiger charge is 2.13. The molecule has 0 spiro atoms. The number of pyridine rings is 1. The molecule has 0 bridgehead atoms. The van der Waals surface area contributed by atoms with Crippen LogP contribution in [-0.4, -0.2) is 10.1 Å². The van der Waals surface area contributed by atoms with Crippen LogP contribution in [0.4, 0.5) is 0 Å². The fourth-order valence-electron chi connectivity index (χ4n) is 1.59. The lowest BCUT2D eigenvalue weighted by atomic mass is 10.2. The number of benzene rings is 1. The molecule has 3 aromatic rings. The van der Waals surface area contributed by atoms with Crippen molar-refractivity contribution in [2.75, 3.05) is 0 Å². The molecule has 2 heterocycles. The summed E-state index contributed by atoms with van der Waals surface area (Å²) in [5, 5.41) is 10.4. The van der Waals surface area contributed by atoms with Gasteiger partial charge in [0.1, 0.15) is 11.3 Å². The number of phenolic OH excluding ortho intramolecular Hbond substituents is 1. The second-order valence-corrected chi connectivity index (χ2v) is 3.06. The Labute approximate surface area is 95.3 Å². The first-order chi connectivity index (χ1) is 6.86. The summed E-state index contributed by atoms with van der Waals surface area (Å²) in [7, 11) is 0. The Morgan fingerprint density at radius 1 is 1.40 bits per heavy atom. The van der Waals surface area contributed by atoms with Crippen molar-refractivity contribution >= 4 is 22.0 Å². The van der Waals surface area contributed by atoms with Gasteiger partial charge in [0, 0.05) is 12.1 Å². The quantitative estimate of drug-likeness (QED) is 0.539. The fourth-order valence-corrected chi connectivity index (χ4v) is 1.59. The minimum absolute atomic E-state index is 0. The van der Waals surface area contributed by atoms with Gasteiger partial charge in [0.15, 0.2) is 12.6 Å². The number of halogens is 1. The van der Waals surface area contributed by atoms with Gasteiger partial charge in [0.2, 0.25) is 5.58 Å². The average molecular weight is 267 g/mol. The molecule has 2 aromatic heterocycles. The SMILES string of the molecule is Oc1cc2ncoc2c2[nH+]cccc12.[Br-]. The summed E-state index contributed by atoms with van der Waals surface area (Å²) in [4.78, 5) is 7.01. The van der Waals surface area contributed by atoms with E-state index in [1.807, 2.05) is 12.1 Å². The molecule has 0 saturated carbocycles. The first kappa shape index (κ1) is 9.92. The third-order valence-electron chi connectivity index (χ3n) is 2.23. The van der Waals surface area contributed by atoms with E-state index < -0.39 is 0 Å². The molecule has 0 aliphatic rings. The molecule has 0 fully saturated rings. The van der Waals surface area contributed by atoms with Crippen molar-refractivity contribution < 1.29 is 31.5 Å². The van der Waals surface area contributed by atoms with Crippen LogP contribution in [0.1, 0.15) is 0 Å². The largest absolute Gasteiger partial charge is 1.00 e. The van der Waals surface area contributed by atoms with Crippen LogP contribution in [0.25, 0.3) is 22.0 Å². The molecule has 3 rings (SSSR count). The zero-order valence-corrected chi connectivity index (χ0v) is 9.15. The smallest absolute Gasteiger partial charge is 0.259 e. The molecule has 0 amide bonds. The average Bonchev–Trinajstić information content (AvgIpc) is 2.66. The van der Waals surface area contributed by atoms with E-state index in [-0.39, 0.29) is 22.7 Å². The van der Waals surface area contributed by atoms with Crippen LogP contribution >= 0.6 is 0 Å². The molecule has 2 N–H and O–H groups in total. The highest BCUT2D eigenvalue weighted by molar-refractivity contribution is 6.01. The van der Waals surface area contributed by atoms with Gasteiger partial charge in [-0.3, -0.25) is 0 Å². The van der Waals surface area contributed by atoms with Gasteiger partial charge in [-0.2, -0.15) is 0 Å². The lowest BCUT2D eigenvalue weighted by Crippen LogP contribution is -3.00. The molecule has 1 aromatic carbocycles. The number of hydrogen-bond acceptors (Lipinski definition) is 3. The molecular weight excluding hydrogens is 260 g/mol. The molecular formula is C10H7BrN2O2. The van der Waals surface area contributed by atoms with Gasteiger partial charge in [0.05, 0.1) is 5.39 Å². The van der Waals surface area contributed by atoms with Crippen LogP contribution < -0.4 is 22.0 Å².